The molecule has 0 N–H and O–H groups in total. The monoisotopic (exact) mass is 344 g/mol. The highest BCUT2D eigenvalue weighted by atomic mass is 15.2. The van der Waals surface area contributed by atoms with Crippen molar-refractivity contribution in [3.8, 4) is 5.69 Å². The van der Waals surface area contributed by atoms with Crippen molar-refractivity contribution in [1.29, 1.82) is 0 Å². The summed E-state index contributed by atoms with van der Waals surface area (Å²) in [4.78, 5) is 0. The van der Waals surface area contributed by atoms with Crippen molar-refractivity contribution in [2.24, 2.45) is 0 Å². The second-order valence-corrected chi connectivity index (χ2v) is 8.09. The van der Waals surface area contributed by atoms with Crippen molar-refractivity contribution in [2.75, 3.05) is 0 Å². The van der Waals surface area contributed by atoms with E-state index in [1.54, 1.807) is 0 Å². The Kier molecular flexibility index (Phi) is 3.59. The molecule has 4 rings (SSSR count). The molecule has 2 heterocycles. The van der Waals surface area contributed by atoms with Crippen LogP contribution in [0.2, 0.25) is 0 Å². The van der Waals surface area contributed by atoms with Gasteiger partial charge in [0.25, 0.3) is 5.82 Å². The van der Waals surface area contributed by atoms with Gasteiger partial charge >= 0.3 is 0 Å². The summed E-state index contributed by atoms with van der Waals surface area (Å²) in [6.07, 6.45) is 4.10. The van der Waals surface area contributed by atoms with Gasteiger partial charge in [-0.2, -0.15) is 4.57 Å². The van der Waals surface area contributed by atoms with Crippen LogP contribution in [0.3, 0.4) is 0 Å². The Hall–Kier alpha value is -2.61. The van der Waals surface area contributed by atoms with E-state index in [2.05, 4.69) is 74.2 Å². The summed E-state index contributed by atoms with van der Waals surface area (Å²) in [7, 11) is 0. The van der Waals surface area contributed by atoms with Crippen molar-refractivity contribution in [3.63, 3.8) is 0 Å². The molecular formula is C24H27N2+. The van der Waals surface area contributed by atoms with Gasteiger partial charge in [-0.25, -0.2) is 4.57 Å². The lowest BCUT2D eigenvalue weighted by atomic mass is 9.95. The molecule has 0 bridgehead atoms. The quantitative estimate of drug-likeness (QED) is 0.558. The molecule has 2 heteroatoms. The van der Waals surface area contributed by atoms with E-state index in [0.29, 0.717) is 0 Å². The molecule has 3 aromatic rings. The van der Waals surface area contributed by atoms with Crippen LogP contribution < -0.4 is 4.57 Å². The third kappa shape index (κ3) is 2.52. The van der Waals surface area contributed by atoms with Gasteiger partial charge in [0.15, 0.2) is 5.69 Å². The lowest BCUT2D eigenvalue weighted by molar-refractivity contribution is -0.614. The number of aryl methyl sites for hydroxylation is 1. The fraction of sp³-hybridized carbons (Fsp3) is 0.292. The van der Waals surface area contributed by atoms with E-state index in [0.717, 1.165) is 17.0 Å². The standard InChI is InChI=1S/C24H27N2/c1-17-11-9-10-14-21(17)26-18(2)22-20(19-12-7-6-8-13-19)15-16-25(22)23(26)24(3,4)5/h6-16,20H,1-5H3/q+1/i20D. The highest BCUT2D eigenvalue weighted by molar-refractivity contribution is 5.50. The molecule has 0 spiro atoms. The lowest BCUT2D eigenvalue weighted by Crippen LogP contribution is -2.43. The average molecular weight is 345 g/mol. The van der Waals surface area contributed by atoms with Crippen LogP contribution in [0.25, 0.3) is 11.9 Å². The first-order chi connectivity index (χ1) is 12.7. The summed E-state index contributed by atoms with van der Waals surface area (Å²) in [5.74, 6) is 0.324. The van der Waals surface area contributed by atoms with Gasteiger partial charge in [-0.3, -0.25) is 0 Å². The van der Waals surface area contributed by atoms with E-state index >= 15 is 0 Å². The zero-order chi connectivity index (χ0) is 19.4. The van der Waals surface area contributed by atoms with Crippen molar-refractivity contribution in [2.45, 2.75) is 45.9 Å². The van der Waals surface area contributed by atoms with E-state index in [-0.39, 0.29) is 5.41 Å². The van der Waals surface area contributed by atoms with E-state index in [4.69, 9.17) is 0 Å². The van der Waals surface area contributed by atoms with Crippen molar-refractivity contribution >= 4 is 6.20 Å². The predicted molar refractivity (Wildman–Crippen MR) is 108 cm³/mol. The van der Waals surface area contributed by atoms with Gasteiger partial charge in [-0.05, 0) is 51.0 Å². The van der Waals surface area contributed by atoms with Gasteiger partial charge in [-0.15, -0.1) is 0 Å². The molecule has 1 unspecified atom stereocenters. The number of imidazole rings is 1. The maximum atomic E-state index is 9.35. The predicted octanol–water partition coefficient (Wildman–Crippen LogP) is 5.30. The minimum atomic E-state index is -0.876. The van der Waals surface area contributed by atoms with Crippen molar-refractivity contribution in [1.82, 2.24) is 4.57 Å². The smallest absolute Gasteiger partial charge is 0.202 e. The summed E-state index contributed by atoms with van der Waals surface area (Å²) in [6.45, 7) is 11.0. The Labute approximate surface area is 157 Å². The Morgan fingerprint density at radius 2 is 1.62 bits per heavy atom. The molecular weight excluding hydrogens is 316 g/mol. The summed E-state index contributed by atoms with van der Waals surface area (Å²) in [6, 6.07) is 18.6. The average Bonchev–Trinajstić information content (AvgIpc) is 3.13. The molecule has 1 aliphatic rings. The molecule has 0 amide bonds. The van der Waals surface area contributed by atoms with Crippen LogP contribution in [-0.4, -0.2) is 4.57 Å². The minimum absolute atomic E-state index is 0.0719. The third-order valence-electron chi connectivity index (χ3n) is 5.12. The molecule has 0 fully saturated rings. The van der Waals surface area contributed by atoms with E-state index in [1.807, 2.05) is 36.4 Å². The van der Waals surface area contributed by atoms with Crippen LogP contribution in [0.5, 0.6) is 0 Å². The number of rotatable bonds is 2. The van der Waals surface area contributed by atoms with Gasteiger partial charge < -0.3 is 0 Å². The van der Waals surface area contributed by atoms with Crippen LogP contribution in [0.15, 0.2) is 60.7 Å². The fourth-order valence-electron chi connectivity index (χ4n) is 4.01. The number of nitrogens with zero attached hydrogens (tertiary/aromatic N) is 2. The Bertz CT molecular complexity index is 1040. The van der Waals surface area contributed by atoms with Crippen molar-refractivity contribution < 1.29 is 5.94 Å². The Balaban J connectivity index is 2.07. The van der Waals surface area contributed by atoms with Crippen LogP contribution in [0, 0.1) is 13.8 Å². The molecule has 1 aromatic heterocycles. The van der Waals surface area contributed by atoms with E-state index in [1.165, 1.54) is 17.1 Å². The molecule has 1 aliphatic heterocycles. The molecule has 0 aliphatic carbocycles. The first-order valence-corrected chi connectivity index (χ1v) is 9.24. The lowest BCUT2D eigenvalue weighted by Gasteiger charge is -2.17. The molecule has 0 saturated heterocycles. The molecule has 0 radical (unpaired) electrons. The second-order valence-electron chi connectivity index (χ2n) is 8.09. The van der Waals surface area contributed by atoms with Gasteiger partial charge in [0.05, 0.1) is 17.5 Å². The molecule has 0 saturated carbocycles. The largest absolute Gasteiger partial charge is 0.272 e. The highest BCUT2D eigenvalue weighted by Gasteiger charge is 2.41. The van der Waals surface area contributed by atoms with Gasteiger partial charge in [-0.1, -0.05) is 48.5 Å². The maximum absolute atomic E-state index is 9.35. The summed E-state index contributed by atoms with van der Waals surface area (Å²) < 4.78 is 13.9. The van der Waals surface area contributed by atoms with Gasteiger partial charge in [0, 0.05) is 8.29 Å². The Morgan fingerprint density at radius 3 is 2.27 bits per heavy atom. The third-order valence-corrected chi connectivity index (χ3v) is 5.12. The van der Waals surface area contributed by atoms with Crippen LogP contribution >= 0.6 is 0 Å². The van der Waals surface area contributed by atoms with E-state index < -0.39 is 5.89 Å². The number of hydrogen-bond donors (Lipinski definition) is 0. The molecule has 2 aromatic carbocycles. The topological polar surface area (TPSA) is 8.81 Å². The maximum Gasteiger partial charge on any atom is 0.272 e. The van der Waals surface area contributed by atoms with Crippen LogP contribution in [0.4, 0.5) is 0 Å². The van der Waals surface area contributed by atoms with Gasteiger partial charge in [0.2, 0.25) is 0 Å². The molecule has 26 heavy (non-hydrogen) atoms. The van der Waals surface area contributed by atoms with Crippen LogP contribution in [-0.2, 0) is 5.41 Å². The summed E-state index contributed by atoms with van der Waals surface area (Å²) in [5, 5.41) is 0. The summed E-state index contributed by atoms with van der Waals surface area (Å²) >= 11 is 0. The summed E-state index contributed by atoms with van der Waals surface area (Å²) in [5.41, 5.74) is 5.50. The number of allylic oxidation sites excluding steroid dienone is 1. The minimum Gasteiger partial charge on any atom is -0.202 e. The number of para-hydroxylation sites is 1. The first-order valence-electron chi connectivity index (χ1n) is 9.74. The number of benzene rings is 2. The molecule has 132 valence electrons. The van der Waals surface area contributed by atoms with E-state index in [9.17, 15) is 1.37 Å². The molecule has 1 atom stereocenters. The number of hydrogen-bond acceptors (Lipinski definition) is 0. The fourth-order valence-corrected chi connectivity index (χ4v) is 4.01. The highest BCUT2D eigenvalue weighted by Crippen LogP contribution is 2.37. The normalized spacial score (nSPS) is 19.5. The Morgan fingerprint density at radius 1 is 0.962 bits per heavy atom. The number of fused-ring (bicyclic) bond motifs is 1. The first kappa shape index (κ1) is 15.6. The SMILES string of the molecule is [2H]C1(c2ccccc2)C=Cn2c1c(C)[n+](-c1ccccc1C)c2C(C)(C)C. The van der Waals surface area contributed by atoms with Gasteiger partial charge in [0.1, 0.15) is 11.4 Å². The zero-order valence-corrected chi connectivity index (χ0v) is 16.2. The molecule has 2 nitrogen and oxygen atoms in total. The van der Waals surface area contributed by atoms with Crippen LogP contribution in [0.1, 0.15) is 56.4 Å². The van der Waals surface area contributed by atoms with Crippen molar-refractivity contribution in [3.05, 3.63) is 89.0 Å². The number of aromatic nitrogens is 2. The second kappa shape index (κ2) is 5.98. The zero-order valence-electron chi connectivity index (χ0n) is 17.2.